The summed E-state index contributed by atoms with van der Waals surface area (Å²) in [6.07, 6.45) is 0. The molecule has 27 heavy (non-hydrogen) atoms. The number of imidazole rings is 1. The summed E-state index contributed by atoms with van der Waals surface area (Å²) in [7, 11) is 0. The molecule has 0 spiro atoms. The largest absolute Gasteiger partial charge is 0.364 e. The minimum Gasteiger partial charge on any atom is -0.364 e. The third kappa shape index (κ3) is 3.32. The highest BCUT2D eigenvalue weighted by atomic mass is 35.5. The lowest BCUT2D eigenvalue weighted by Crippen LogP contribution is -2.23. The van der Waals surface area contributed by atoms with Gasteiger partial charge in [-0.1, -0.05) is 41.4 Å². The molecular formula is C19H17Cl3N4O. The Labute approximate surface area is 172 Å². The van der Waals surface area contributed by atoms with Crippen LogP contribution in [0.15, 0.2) is 42.5 Å². The van der Waals surface area contributed by atoms with Crippen molar-refractivity contribution in [3.63, 3.8) is 0 Å². The fraction of sp³-hybridized carbons (Fsp3) is 0.158. The number of benzene rings is 2. The Morgan fingerprint density at radius 1 is 1.22 bits per heavy atom. The fourth-order valence-corrected chi connectivity index (χ4v) is 3.94. The van der Waals surface area contributed by atoms with Gasteiger partial charge >= 0.3 is 0 Å². The molecule has 0 radical (unpaired) electrons. The van der Waals surface area contributed by atoms with E-state index in [2.05, 4.69) is 10.3 Å². The Balaban J connectivity index is 0.00000210. The Kier molecular flexibility index (Phi) is 5.49. The summed E-state index contributed by atoms with van der Waals surface area (Å²) in [6, 6.07) is 13.2. The number of carbonyl (C=O) groups excluding carboxylic acids is 1. The van der Waals surface area contributed by atoms with Crippen LogP contribution < -0.4 is 11.1 Å². The van der Waals surface area contributed by atoms with E-state index in [1.807, 2.05) is 54.0 Å². The Bertz CT molecular complexity index is 1030. The van der Waals surface area contributed by atoms with Crippen molar-refractivity contribution in [2.24, 2.45) is 5.73 Å². The van der Waals surface area contributed by atoms with E-state index in [1.54, 1.807) is 0 Å². The lowest BCUT2D eigenvalue weighted by molar-refractivity contribution is 0.0994. The lowest BCUT2D eigenvalue weighted by Gasteiger charge is -2.21. The van der Waals surface area contributed by atoms with Crippen molar-refractivity contribution in [3.05, 3.63) is 80.8 Å². The highest BCUT2D eigenvalue weighted by Crippen LogP contribution is 2.37. The summed E-state index contributed by atoms with van der Waals surface area (Å²) in [4.78, 5) is 16.2. The number of nitrogens with two attached hydrogens (primary N) is 1. The van der Waals surface area contributed by atoms with Crippen LogP contribution in [-0.2, 0) is 6.54 Å². The highest BCUT2D eigenvalue weighted by molar-refractivity contribution is 6.31. The van der Waals surface area contributed by atoms with Gasteiger partial charge in [-0.2, -0.15) is 0 Å². The van der Waals surface area contributed by atoms with Gasteiger partial charge < -0.3 is 11.1 Å². The maximum atomic E-state index is 11.8. The number of nitrogens with one attached hydrogen (secondary N) is 1. The van der Waals surface area contributed by atoms with Gasteiger partial charge in [-0.15, -0.1) is 12.4 Å². The van der Waals surface area contributed by atoms with E-state index in [-0.39, 0.29) is 24.1 Å². The van der Waals surface area contributed by atoms with Crippen LogP contribution in [0.2, 0.25) is 10.0 Å². The second-order valence-corrected chi connectivity index (χ2v) is 7.04. The summed E-state index contributed by atoms with van der Waals surface area (Å²) in [5.74, 6) is 0.148. The van der Waals surface area contributed by atoms with Crippen LogP contribution in [0.25, 0.3) is 5.69 Å². The third-order valence-corrected chi connectivity index (χ3v) is 5.18. The predicted molar refractivity (Wildman–Crippen MR) is 109 cm³/mol. The van der Waals surface area contributed by atoms with Crippen molar-refractivity contribution in [1.82, 2.24) is 14.9 Å². The summed E-state index contributed by atoms with van der Waals surface area (Å²) in [6.45, 7) is 2.27. The Hall–Kier alpha value is -2.05. The molecule has 1 unspecified atom stereocenters. The molecule has 0 saturated heterocycles. The number of carbonyl (C=O) groups is 1. The summed E-state index contributed by atoms with van der Waals surface area (Å²) in [5, 5.41) is 4.76. The van der Waals surface area contributed by atoms with Crippen molar-refractivity contribution in [1.29, 1.82) is 0 Å². The van der Waals surface area contributed by atoms with Gasteiger partial charge in [0, 0.05) is 16.6 Å². The van der Waals surface area contributed by atoms with Crippen molar-refractivity contribution in [3.8, 4) is 5.69 Å². The van der Waals surface area contributed by atoms with Crippen LogP contribution in [0.4, 0.5) is 0 Å². The van der Waals surface area contributed by atoms with Crippen LogP contribution >= 0.6 is 35.6 Å². The minimum absolute atomic E-state index is 0. The first kappa shape index (κ1) is 19.7. The Morgan fingerprint density at radius 2 is 1.96 bits per heavy atom. The molecule has 5 nitrogen and oxygen atoms in total. The summed E-state index contributed by atoms with van der Waals surface area (Å²) in [5.41, 5.74) is 9.33. The zero-order valence-corrected chi connectivity index (χ0v) is 16.7. The van der Waals surface area contributed by atoms with E-state index in [0.29, 0.717) is 22.4 Å². The lowest BCUT2D eigenvalue weighted by atomic mass is 9.97. The minimum atomic E-state index is -0.546. The van der Waals surface area contributed by atoms with Crippen LogP contribution in [0.5, 0.6) is 0 Å². The number of halogens is 3. The van der Waals surface area contributed by atoms with Gasteiger partial charge in [0.15, 0.2) is 5.69 Å². The molecule has 1 aliphatic heterocycles. The average Bonchev–Trinajstić information content (AvgIpc) is 2.84. The molecule has 140 valence electrons. The average molecular weight is 424 g/mol. The number of aromatic nitrogens is 2. The maximum absolute atomic E-state index is 11.8. The highest BCUT2D eigenvalue weighted by Gasteiger charge is 2.29. The van der Waals surface area contributed by atoms with Gasteiger partial charge in [0.2, 0.25) is 0 Å². The van der Waals surface area contributed by atoms with Gasteiger partial charge in [0.05, 0.1) is 17.4 Å². The molecule has 2 aromatic carbocycles. The molecule has 8 heteroatoms. The molecule has 0 bridgehead atoms. The Morgan fingerprint density at radius 3 is 2.67 bits per heavy atom. The molecule has 0 saturated carbocycles. The second-order valence-electron chi connectivity index (χ2n) is 6.19. The second kappa shape index (κ2) is 7.52. The maximum Gasteiger partial charge on any atom is 0.269 e. The van der Waals surface area contributed by atoms with Crippen LogP contribution in [0, 0.1) is 6.92 Å². The molecule has 1 aromatic heterocycles. The van der Waals surface area contributed by atoms with Crippen molar-refractivity contribution < 1.29 is 4.79 Å². The number of hydrogen-bond acceptors (Lipinski definition) is 3. The van der Waals surface area contributed by atoms with E-state index in [4.69, 9.17) is 28.9 Å². The SMILES string of the molecule is Cc1nc(C(N)=O)c2n1-c1ccc(Cl)cc1C(c1ccccc1Cl)NC2.Cl. The molecule has 1 amide bonds. The molecule has 3 aromatic rings. The zero-order chi connectivity index (χ0) is 18.4. The molecule has 0 aliphatic carbocycles. The first-order valence-corrected chi connectivity index (χ1v) is 8.88. The summed E-state index contributed by atoms with van der Waals surface area (Å²) < 4.78 is 1.95. The van der Waals surface area contributed by atoms with Gasteiger partial charge in [-0.05, 0) is 42.3 Å². The summed E-state index contributed by atoms with van der Waals surface area (Å²) >= 11 is 12.7. The zero-order valence-electron chi connectivity index (χ0n) is 14.4. The molecule has 1 aliphatic rings. The van der Waals surface area contributed by atoms with Crippen molar-refractivity contribution >= 4 is 41.5 Å². The fourth-order valence-electron chi connectivity index (χ4n) is 3.51. The van der Waals surface area contributed by atoms with Crippen molar-refractivity contribution in [2.75, 3.05) is 0 Å². The number of primary amides is 1. The van der Waals surface area contributed by atoms with E-state index >= 15 is 0 Å². The molecule has 2 heterocycles. The standard InChI is InChI=1S/C19H16Cl2N4O.ClH/c1-10-24-18(19(22)26)16-9-23-17(12-4-2-3-5-14(12)21)13-8-11(20)6-7-15(13)25(10)16;/h2-8,17,23H,9H2,1H3,(H2,22,26);1H. The van der Waals surface area contributed by atoms with Crippen LogP contribution in [-0.4, -0.2) is 15.5 Å². The van der Waals surface area contributed by atoms with E-state index in [9.17, 15) is 4.79 Å². The van der Waals surface area contributed by atoms with Gasteiger partial charge in [0.25, 0.3) is 5.91 Å². The van der Waals surface area contributed by atoms with Gasteiger partial charge in [-0.3, -0.25) is 9.36 Å². The predicted octanol–water partition coefficient (Wildman–Crippen LogP) is 4.20. The first-order valence-electron chi connectivity index (χ1n) is 8.13. The normalized spacial score (nSPS) is 15.3. The van der Waals surface area contributed by atoms with Crippen LogP contribution in [0.1, 0.15) is 39.2 Å². The molecule has 3 N–H and O–H groups in total. The number of hydrogen-bond donors (Lipinski definition) is 2. The number of rotatable bonds is 2. The number of aryl methyl sites for hydroxylation is 1. The number of amides is 1. The smallest absolute Gasteiger partial charge is 0.269 e. The number of fused-ring (bicyclic) bond motifs is 3. The molecular weight excluding hydrogens is 407 g/mol. The first-order chi connectivity index (χ1) is 12.5. The molecule has 1 atom stereocenters. The van der Waals surface area contributed by atoms with Gasteiger partial charge in [-0.25, -0.2) is 4.98 Å². The van der Waals surface area contributed by atoms with Crippen molar-refractivity contribution in [2.45, 2.75) is 19.5 Å². The molecule has 0 fully saturated rings. The van der Waals surface area contributed by atoms with E-state index in [0.717, 1.165) is 22.5 Å². The van der Waals surface area contributed by atoms with E-state index in [1.165, 1.54) is 0 Å². The molecule has 4 rings (SSSR count). The number of nitrogens with zero attached hydrogens (tertiary/aromatic N) is 2. The topological polar surface area (TPSA) is 72.9 Å². The van der Waals surface area contributed by atoms with E-state index < -0.39 is 5.91 Å². The van der Waals surface area contributed by atoms with Gasteiger partial charge in [0.1, 0.15) is 5.82 Å². The monoisotopic (exact) mass is 422 g/mol. The third-order valence-electron chi connectivity index (χ3n) is 4.61. The van der Waals surface area contributed by atoms with Crippen LogP contribution in [0.3, 0.4) is 0 Å². The quantitative estimate of drug-likeness (QED) is 0.649.